The molecule has 0 aliphatic rings. The van der Waals surface area contributed by atoms with E-state index in [4.69, 9.17) is 0 Å². The van der Waals surface area contributed by atoms with Crippen LogP contribution in [0.1, 0.15) is 29.7 Å². The fourth-order valence-corrected chi connectivity index (χ4v) is 3.53. The zero-order valence-electron chi connectivity index (χ0n) is 15.7. The van der Waals surface area contributed by atoms with Crippen molar-refractivity contribution in [2.24, 2.45) is 0 Å². The van der Waals surface area contributed by atoms with Gasteiger partial charge in [-0.05, 0) is 30.7 Å². The summed E-state index contributed by atoms with van der Waals surface area (Å²) in [5.74, 6) is 0. The van der Waals surface area contributed by atoms with Gasteiger partial charge in [-0.3, -0.25) is 4.90 Å². The lowest BCUT2D eigenvalue weighted by Gasteiger charge is -2.34. The second-order valence-electron chi connectivity index (χ2n) is 6.91. The Kier molecular flexibility index (Phi) is 6.59. The summed E-state index contributed by atoms with van der Waals surface area (Å²) in [6.07, 6.45) is 0. The number of hydrogen-bond donors (Lipinski definition) is 1. The highest BCUT2D eigenvalue weighted by Gasteiger charge is 2.23. The summed E-state index contributed by atoms with van der Waals surface area (Å²) >= 11 is 0. The van der Waals surface area contributed by atoms with Crippen molar-refractivity contribution in [3.8, 4) is 0 Å². The highest BCUT2D eigenvalue weighted by molar-refractivity contribution is 5.22. The van der Waals surface area contributed by atoms with Crippen LogP contribution in [-0.4, -0.2) is 18.0 Å². The lowest BCUT2D eigenvalue weighted by molar-refractivity contribution is 0.191. The molecule has 0 heterocycles. The Morgan fingerprint density at radius 2 is 1.23 bits per heavy atom. The first-order chi connectivity index (χ1) is 12.7. The molecule has 0 radical (unpaired) electrons. The van der Waals surface area contributed by atoms with Crippen molar-refractivity contribution in [2.75, 3.05) is 7.05 Å². The van der Waals surface area contributed by atoms with E-state index in [1.54, 1.807) is 0 Å². The molecule has 0 unspecified atom stereocenters. The average Bonchev–Trinajstić information content (AvgIpc) is 2.69. The summed E-state index contributed by atoms with van der Waals surface area (Å²) in [6.45, 7) is 4.09. The molecule has 0 saturated heterocycles. The summed E-state index contributed by atoms with van der Waals surface area (Å²) in [5, 5.41) is 3.72. The first kappa shape index (κ1) is 18.4. The summed E-state index contributed by atoms with van der Waals surface area (Å²) in [6, 6.07) is 32.7. The number of nitrogens with one attached hydrogen (secondary N) is 1. The quantitative estimate of drug-likeness (QED) is 0.616. The van der Waals surface area contributed by atoms with Crippen LogP contribution in [0.5, 0.6) is 0 Å². The van der Waals surface area contributed by atoms with E-state index in [2.05, 4.69) is 115 Å². The first-order valence-electron chi connectivity index (χ1n) is 9.30. The highest BCUT2D eigenvalue weighted by Crippen LogP contribution is 2.25. The number of hydrogen-bond acceptors (Lipinski definition) is 2. The molecule has 0 bridgehead atoms. The van der Waals surface area contributed by atoms with Crippen molar-refractivity contribution in [1.29, 1.82) is 0 Å². The molecule has 0 spiro atoms. The molecule has 3 aromatic carbocycles. The van der Waals surface area contributed by atoms with Crippen LogP contribution in [-0.2, 0) is 13.1 Å². The Morgan fingerprint density at radius 1 is 0.731 bits per heavy atom. The van der Waals surface area contributed by atoms with E-state index in [9.17, 15) is 0 Å². The van der Waals surface area contributed by atoms with E-state index in [1.165, 1.54) is 16.7 Å². The zero-order chi connectivity index (χ0) is 18.2. The maximum atomic E-state index is 3.72. The molecule has 134 valence electrons. The van der Waals surface area contributed by atoms with Gasteiger partial charge < -0.3 is 5.32 Å². The van der Waals surface area contributed by atoms with Gasteiger partial charge in [0.2, 0.25) is 0 Å². The molecule has 0 aliphatic carbocycles. The van der Waals surface area contributed by atoms with Gasteiger partial charge in [-0.2, -0.15) is 0 Å². The second-order valence-corrected chi connectivity index (χ2v) is 6.91. The minimum atomic E-state index is 0.306. The molecular formula is C24H28N2. The van der Waals surface area contributed by atoms with E-state index in [-0.39, 0.29) is 0 Å². The molecule has 2 heteroatoms. The SMILES string of the molecule is C[C@H](NCc1ccccc1)[C@@H](c1ccccc1)N(C)Cc1ccccc1. The summed E-state index contributed by atoms with van der Waals surface area (Å²) in [4.78, 5) is 2.44. The molecule has 1 N–H and O–H groups in total. The number of rotatable bonds is 8. The van der Waals surface area contributed by atoms with E-state index < -0.39 is 0 Å². The minimum Gasteiger partial charge on any atom is -0.308 e. The van der Waals surface area contributed by atoms with Crippen LogP contribution in [0.4, 0.5) is 0 Å². The van der Waals surface area contributed by atoms with E-state index in [0.717, 1.165) is 13.1 Å². The predicted octanol–water partition coefficient (Wildman–Crippen LogP) is 5.04. The van der Waals surface area contributed by atoms with Crippen molar-refractivity contribution in [3.05, 3.63) is 108 Å². The molecule has 3 aromatic rings. The standard InChI is InChI=1S/C24H28N2/c1-20(25-18-21-12-6-3-7-13-21)24(23-16-10-5-11-17-23)26(2)19-22-14-8-4-9-15-22/h3-17,20,24-25H,18-19H2,1-2H3/t20-,24-/m0/s1. The van der Waals surface area contributed by atoms with Crippen LogP contribution in [0.3, 0.4) is 0 Å². The Morgan fingerprint density at radius 3 is 1.81 bits per heavy atom. The third-order valence-corrected chi connectivity index (χ3v) is 4.84. The van der Waals surface area contributed by atoms with Crippen molar-refractivity contribution >= 4 is 0 Å². The average molecular weight is 345 g/mol. The van der Waals surface area contributed by atoms with Gasteiger partial charge in [0.05, 0.1) is 0 Å². The minimum absolute atomic E-state index is 0.306. The molecule has 2 atom stereocenters. The van der Waals surface area contributed by atoms with Crippen molar-refractivity contribution in [3.63, 3.8) is 0 Å². The van der Waals surface area contributed by atoms with Gasteiger partial charge in [-0.15, -0.1) is 0 Å². The molecule has 0 fully saturated rings. The lowest BCUT2D eigenvalue weighted by atomic mass is 9.98. The Labute approximate surface area is 157 Å². The van der Waals surface area contributed by atoms with Crippen LogP contribution < -0.4 is 5.32 Å². The van der Waals surface area contributed by atoms with Crippen LogP contribution in [0.25, 0.3) is 0 Å². The van der Waals surface area contributed by atoms with Gasteiger partial charge in [0.15, 0.2) is 0 Å². The van der Waals surface area contributed by atoms with Crippen LogP contribution >= 0.6 is 0 Å². The molecule has 26 heavy (non-hydrogen) atoms. The molecule has 2 nitrogen and oxygen atoms in total. The summed E-state index contributed by atoms with van der Waals surface area (Å²) in [5.41, 5.74) is 4.00. The van der Waals surface area contributed by atoms with Crippen LogP contribution in [0.2, 0.25) is 0 Å². The fraction of sp³-hybridized carbons (Fsp3) is 0.250. The molecule has 3 rings (SSSR count). The van der Waals surface area contributed by atoms with Gasteiger partial charge in [0.25, 0.3) is 0 Å². The first-order valence-corrected chi connectivity index (χ1v) is 9.30. The molecular weight excluding hydrogens is 316 g/mol. The Hall–Kier alpha value is -2.42. The largest absolute Gasteiger partial charge is 0.308 e. The zero-order valence-corrected chi connectivity index (χ0v) is 15.7. The maximum Gasteiger partial charge on any atom is 0.0499 e. The molecule has 0 aliphatic heterocycles. The Bertz CT molecular complexity index is 756. The third kappa shape index (κ3) is 5.04. The second kappa shape index (κ2) is 9.33. The van der Waals surface area contributed by atoms with Crippen molar-refractivity contribution < 1.29 is 0 Å². The Balaban J connectivity index is 1.74. The monoisotopic (exact) mass is 344 g/mol. The third-order valence-electron chi connectivity index (χ3n) is 4.84. The number of nitrogens with zero attached hydrogens (tertiary/aromatic N) is 1. The fourth-order valence-electron chi connectivity index (χ4n) is 3.53. The van der Waals surface area contributed by atoms with E-state index >= 15 is 0 Å². The van der Waals surface area contributed by atoms with Crippen molar-refractivity contribution in [2.45, 2.75) is 32.1 Å². The summed E-state index contributed by atoms with van der Waals surface area (Å²) < 4.78 is 0. The van der Waals surface area contributed by atoms with Crippen LogP contribution in [0, 0.1) is 0 Å². The van der Waals surface area contributed by atoms with Crippen LogP contribution in [0.15, 0.2) is 91.0 Å². The predicted molar refractivity (Wildman–Crippen MR) is 110 cm³/mol. The van der Waals surface area contributed by atoms with Gasteiger partial charge in [-0.1, -0.05) is 91.0 Å². The maximum absolute atomic E-state index is 3.72. The molecule has 0 saturated carbocycles. The highest BCUT2D eigenvalue weighted by atomic mass is 15.2. The van der Waals surface area contributed by atoms with Crippen molar-refractivity contribution in [1.82, 2.24) is 10.2 Å². The van der Waals surface area contributed by atoms with Gasteiger partial charge >= 0.3 is 0 Å². The number of likely N-dealkylation sites (N-methyl/N-ethyl adjacent to an activating group) is 1. The number of benzene rings is 3. The lowest BCUT2D eigenvalue weighted by Crippen LogP contribution is -2.40. The topological polar surface area (TPSA) is 15.3 Å². The van der Waals surface area contributed by atoms with E-state index in [1.807, 2.05) is 0 Å². The summed E-state index contributed by atoms with van der Waals surface area (Å²) in [7, 11) is 2.21. The van der Waals surface area contributed by atoms with Gasteiger partial charge in [-0.25, -0.2) is 0 Å². The smallest absolute Gasteiger partial charge is 0.0499 e. The van der Waals surface area contributed by atoms with Gasteiger partial charge in [0, 0.05) is 25.2 Å². The molecule has 0 amide bonds. The van der Waals surface area contributed by atoms with Gasteiger partial charge in [0.1, 0.15) is 0 Å². The van der Waals surface area contributed by atoms with E-state index in [0.29, 0.717) is 12.1 Å². The normalized spacial score (nSPS) is 13.5. The molecule has 0 aromatic heterocycles.